The molecular formula is C21H24N6O4S. The summed E-state index contributed by atoms with van der Waals surface area (Å²) in [5.41, 5.74) is 8.71. The van der Waals surface area contributed by atoms with Crippen LogP contribution in [0.2, 0.25) is 0 Å². The molecular weight excluding hydrogens is 432 g/mol. The second-order valence-corrected chi connectivity index (χ2v) is 9.60. The summed E-state index contributed by atoms with van der Waals surface area (Å²) in [6.45, 7) is 3.65. The number of carbonyl (C=O) groups excluding carboxylic acids is 2. The molecule has 10 nitrogen and oxygen atoms in total. The summed E-state index contributed by atoms with van der Waals surface area (Å²) in [5.74, 6) is -0.859. The number of aryl methyl sites for hydroxylation is 2. The van der Waals surface area contributed by atoms with Crippen molar-refractivity contribution in [2.45, 2.75) is 50.5 Å². The molecule has 2 aromatic heterocycles. The van der Waals surface area contributed by atoms with Crippen LogP contribution in [0.15, 0.2) is 35.4 Å². The van der Waals surface area contributed by atoms with Crippen molar-refractivity contribution >= 4 is 33.2 Å². The van der Waals surface area contributed by atoms with Gasteiger partial charge < -0.3 is 11.1 Å². The number of rotatable bonds is 8. The van der Waals surface area contributed by atoms with Crippen LogP contribution in [0.4, 0.5) is 5.69 Å². The van der Waals surface area contributed by atoms with Gasteiger partial charge in [-0.25, -0.2) is 22.6 Å². The minimum atomic E-state index is -3.60. The van der Waals surface area contributed by atoms with Gasteiger partial charge in [-0.2, -0.15) is 5.10 Å². The predicted octanol–water partition coefficient (Wildman–Crippen LogP) is 1.46. The van der Waals surface area contributed by atoms with Crippen molar-refractivity contribution in [1.82, 2.24) is 19.3 Å². The average Bonchev–Trinajstić information content (AvgIpc) is 3.42. The van der Waals surface area contributed by atoms with Gasteiger partial charge in [-0.15, -0.1) is 0 Å². The Kier molecular flexibility index (Phi) is 5.70. The van der Waals surface area contributed by atoms with E-state index < -0.39 is 15.9 Å². The first kappa shape index (κ1) is 21.9. The second-order valence-electron chi connectivity index (χ2n) is 7.89. The number of benzene rings is 1. The Morgan fingerprint density at radius 1 is 1.25 bits per heavy atom. The fourth-order valence-corrected chi connectivity index (χ4v) is 4.89. The molecule has 0 atom stereocenters. The molecule has 1 saturated carbocycles. The number of anilines is 1. The molecule has 2 amide bonds. The third-order valence-electron chi connectivity index (χ3n) is 5.40. The highest BCUT2D eigenvalue weighted by atomic mass is 32.2. The molecule has 1 aliphatic rings. The lowest BCUT2D eigenvalue weighted by atomic mass is 10.1. The lowest BCUT2D eigenvalue weighted by Gasteiger charge is -2.12. The Morgan fingerprint density at radius 3 is 2.69 bits per heavy atom. The molecule has 0 unspecified atom stereocenters. The molecule has 2 heterocycles. The van der Waals surface area contributed by atoms with Gasteiger partial charge in [-0.1, -0.05) is 6.07 Å². The molecule has 1 aromatic carbocycles. The van der Waals surface area contributed by atoms with Crippen LogP contribution in [0.5, 0.6) is 0 Å². The van der Waals surface area contributed by atoms with Crippen LogP contribution in [-0.2, 0) is 21.2 Å². The zero-order chi connectivity index (χ0) is 23.0. The number of aromatic nitrogens is 3. The molecule has 168 valence electrons. The van der Waals surface area contributed by atoms with Crippen molar-refractivity contribution in [2.24, 2.45) is 5.73 Å². The number of primary amides is 1. The number of hydrogen-bond acceptors (Lipinski definition) is 6. The Morgan fingerprint density at radius 2 is 2.00 bits per heavy atom. The summed E-state index contributed by atoms with van der Waals surface area (Å²) in [6, 6.07) is 6.19. The summed E-state index contributed by atoms with van der Waals surface area (Å²) in [4.78, 5) is 28.6. The third-order valence-corrected chi connectivity index (χ3v) is 6.92. The van der Waals surface area contributed by atoms with Crippen LogP contribution in [0, 0.1) is 13.8 Å². The van der Waals surface area contributed by atoms with Crippen molar-refractivity contribution in [3.8, 4) is 0 Å². The maximum absolute atomic E-state index is 12.5. The van der Waals surface area contributed by atoms with Crippen LogP contribution < -0.4 is 15.8 Å². The van der Waals surface area contributed by atoms with Gasteiger partial charge in [0.05, 0.1) is 11.1 Å². The highest BCUT2D eigenvalue weighted by molar-refractivity contribution is 7.89. The fourth-order valence-electron chi connectivity index (χ4n) is 3.54. The molecule has 4 N–H and O–H groups in total. The van der Waals surface area contributed by atoms with Gasteiger partial charge in [0.2, 0.25) is 15.9 Å². The predicted molar refractivity (Wildman–Crippen MR) is 118 cm³/mol. The largest absolute Gasteiger partial charge is 0.365 e. The van der Waals surface area contributed by atoms with Gasteiger partial charge >= 0.3 is 0 Å². The van der Waals surface area contributed by atoms with Crippen molar-refractivity contribution in [1.29, 1.82) is 0 Å². The molecule has 1 aliphatic carbocycles. The first-order chi connectivity index (χ1) is 15.2. The minimum Gasteiger partial charge on any atom is -0.365 e. The Hall–Kier alpha value is -3.31. The summed E-state index contributed by atoms with van der Waals surface area (Å²) in [7, 11) is -3.60. The monoisotopic (exact) mass is 456 g/mol. The number of carbonyl (C=O) groups is 2. The number of hydrogen-bond donors (Lipinski definition) is 3. The van der Waals surface area contributed by atoms with E-state index in [9.17, 15) is 18.0 Å². The number of nitrogens with zero attached hydrogens (tertiary/aromatic N) is 3. The van der Waals surface area contributed by atoms with Gasteiger partial charge in [-0.3, -0.25) is 9.59 Å². The topological polar surface area (TPSA) is 149 Å². The first-order valence-electron chi connectivity index (χ1n) is 10.2. The molecule has 11 heteroatoms. The van der Waals surface area contributed by atoms with Crippen molar-refractivity contribution < 1.29 is 18.0 Å². The van der Waals surface area contributed by atoms with E-state index in [-0.39, 0.29) is 28.8 Å². The van der Waals surface area contributed by atoms with Gasteiger partial charge in [0.1, 0.15) is 5.56 Å². The van der Waals surface area contributed by atoms with Crippen LogP contribution in [0.3, 0.4) is 0 Å². The van der Waals surface area contributed by atoms with E-state index in [2.05, 4.69) is 20.1 Å². The Balaban J connectivity index is 1.46. The molecule has 3 aromatic rings. The lowest BCUT2D eigenvalue weighted by molar-refractivity contribution is -0.116. The molecule has 0 aliphatic heterocycles. The molecule has 0 saturated heterocycles. The van der Waals surface area contributed by atoms with Gasteiger partial charge in [0.15, 0.2) is 5.65 Å². The molecule has 0 bridgehead atoms. The van der Waals surface area contributed by atoms with E-state index >= 15 is 0 Å². The number of amides is 2. The quantitative estimate of drug-likeness (QED) is 0.467. The lowest BCUT2D eigenvalue weighted by Crippen LogP contribution is -2.25. The van der Waals surface area contributed by atoms with Crippen molar-refractivity contribution in [2.75, 3.05) is 5.32 Å². The highest BCUT2D eigenvalue weighted by Gasteiger charge is 2.28. The summed E-state index contributed by atoms with van der Waals surface area (Å²) in [5, 5.41) is 6.94. The normalized spacial score (nSPS) is 13.9. The average molecular weight is 457 g/mol. The molecule has 4 rings (SSSR count). The third kappa shape index (κ3) is 4.48. The first-order valence-corrected chi connectivity index (χ1v) is 11.7. The SMILES string of the molecule is Cc1nc2c(C(N)=O)cnn2c(C)c1CCC(=O)Nc1cccc(S(=O)(=O)NC2CC2)c1. The van der Waals surface area contributed by atoms with Gasteiger partial charge in [0, 0.05) is 29.5 Å². The maximum Gasteiger partial charge on any atom is 0.254 e. The Labute approximate surface area is 185 Å². The fraction of sp³-hybridized carbons (Fsp3) is 0.333. The zero-order valence-corrected chi connectivity index (χ0v) is 18.6. The van der Waals surface area contributed by atoms with Gasteiger partial charge in [-0.05, 0) is 56.9 Å². The van der Waals surface area contributed by atoms with E-state index in [0.717, 1.165) is 24.1 Å². The Bertz CT molecular complexity index is 1330. The molecule has 1 fully saturated rings. The minimum absolute atomic E-state index is 0.00418. The van der Waals surface area contributed by atoms with E-state index in [1.54, 1.807) is 23.6 Å². The van der Waals surface area contributed by atoms with Crippen LogP contribution in [0.25, 0.3) is 5.65 Å². The van der Waals surface area contributed by atoms with E-state index in [1.165, 1.54) is 18.3 Å². The van der Waals surface area contributed by atoms with Crippen molar-refractivity contribution in [3.63, 3.8) is 0 Å². The second kappa shape index (κ2) is 8.32. The number of sulfonamides is 1. The van der Waals surface area contributed by atoms with Crippen LogP contribution in [-0.4, -0.2) is 40.9 Å². The number of fused-ring (bicyclic) bond motifs is 1. The number of nitrogens with two attached hydrogens (primary N) is 1. The molecule has 32 heavy (non-hydrogen) atoms. The van der Waals surface area contributed by atoms with Crippen LogP contribution in [0.1, 0.15) is 46.6 Å². The van der Waals surface area contributed by atoms with E-state index in [4.69, 9.17) is 5.73 Å². The van der Waals surface area contributed by atoms with E-state index in [1.807, 2.05) is 6.92 Å². The number of nitrogens with one attached hydrogen (secondary N) is 2. The zero-order valence-electron chi connectivity index (χ0n) is 17.8. The smallest absolute Gasteiger partial charge is 0.254 e. The summed E-state index contributed by atoms with van der Waals surface area (Å²) < 4.78 is 28.9. The molecule has 0 spiro atoms. The maximum atomic E-state index is 12.5. The van der Waals surface area contributed by atoms with Gasteiger partial charge in [0.25, 0.3) is 5.91 Å². The highest BCUT2D eigenvalue weighted by Crippen LogP contribution is 2.24. The summed E-state index contributed by atoms with van der Waals surface area (Å²) >= 11 is 0. The van der Waals surface area contributed by atoms with Crippen LogP contribution >= 0.6 is 0 Å². The van der Waals surface area contributed by atoms with E-state index in [0.29, 0.717) is 23.4 Å². The summed E-state index contributed by atoms with van der Waals surface area (Å²) in [6.07, 6.45) is 3.64. The molecule has 0 radical (unpaired) electrons. The standard InChI is InChI=1S/C21H24N6O4S/c1-12-17(13(2)27-21(24-12)18(11-23-27)20(22)29)8-9-19(28)25-15-4-3-5-16(10-15)32(30,31)26-14-6-7-14/h3-5,10-11,14,26H,6-9H2,1-2H3,(H2,22,29)(H,25,28). The van der Waals surface area contributed by atoms with Crippen molar-refractivity contribution in [3.05, 3.63) is 53.0 Å².